The first-order chi connectivity index (χ1) is 15.4. The van der Waals surface area contributed by atoms with Crippen LogP contribution in [0.5, 0.6) is 0 Å². The van der Waals surface area contributed by atoms with Crippen LogP contribution in [-0.2, 0) is 19.1 Å². The fourth-order valence-electron chi connectivity index (χ4n) is 5.38. The molecule has 0 unspecified atom stereocenters. The maximum Gasteiger partial charge on any atom is 0.420 e. The summed E-state index contributed by atoms with van der Waals surface area (Å²) in [6.45, 7) is 2.47. The zero-order valence-electron chi connectivity index (χ0n) is 18.0. The molecule has 2 aliphatic carbocycles. The molecule has 1 spiro atoms. The molecule has 1 aromatic heterocycles. The Balaban J connectivity index is 1.33. The summed E-state index contributed by atoms with van der Waals surface area (Å²) in [5.74, 6) is 0.977. The minimum Gasteiger partial charge on any atom is -0.435 e. The molecule has 2 heterocycles. The Labute approximate surface area is 185 Å². The van der Waals surface area contributed by atoms with Gasteiger partial charge in [0.05, 0.1) is 0 Å². The highest BCUT2D eigenvalue weighted by molar-refractivity contribution is 5.81. The predicted molar refractivity (Wildman–Crippen MR) is 117 cm³/mol. The summed E-state index contributed by atoms with van der Waals surface area (Å²) < 4.78 is 47.5. The van der Waals surface area contributed by atoms with E-state index in [4.69, 9.17) is 4.42 Å². The molecule has 6 rings (SSSR count). The highest BCUT2D eigenvalue weighted by Gasteiger charge is 2.47. The van der Waals surface area contributed by atoms with Crippen LogP contribution in [0.2, 0.25) is 0 Å². The predicted octanol–water partition coefficient (Wildman–Crippen LogP) is 6.84. The minimum absolute atomic E-state index is 0.166. The maximum absolute atomic E-state index is 13.9. The van der Waals surface area contributed by atoms with Crippen molar-refractivity contribution in [2.45, 2.75) is 57.7 Å². The lowest BCUT2D eigenvalue weighted by atomic mass is 9.81. The van der Waals surface area contributed by atoms with E-state index in [-0.39, 0.29) is 17.0 Å². The van der Waals surface area contributed by atoms with Crippen molar-refractivity contribution in [3.8, 4) is 11.5 Å². The molecule has 0 N–H and O–H groups in total. The van der Waals surface area contributed by atoms with E-state index in [1.165, 1.54) is 43.7 Å². The summed E-state index contributed by atoms with van der Waals surface area (Å²) in [6.07, 6.45) is 3.98. The summed E-state index contributed by atoms with van der Waals surface area (Å²) in [5.41, 5.74) is 2.42. The first-order valence-corrected chi connectivity index (χ1v) is 11.7. The molecule has 1 saturated heterocycles. The number of aromatic nitrogens is 1. The van der Waals surface area contributed by atoms with Crippen molar-refractivity contribution in [1.82, 2.24) is 9.88 Å². The van der Waals surface area contributed by atoms with E-state index in [1.54, 1.807) is 6.07 Å². The Morgan fingerprint density at radius 2 is 1.91 bits per heavy atom. The van der Waals surface area contributed by atoms with Gasteiger partial charge in [0.2, 0.25) is 5.89 Å². The molecule has 0 amide bonds. The molecule has 0 atom stereocenters. The Hall–Kier alpha value is -2.34. The summed E-state index contributed by atoms with van der Waals surface area (Å²) in [4.78, 5) is 6.78. The Morgan fingerprint density at radius 3 is 2.59 bits per heavy atom. The highest BCUT2D eigenvalue weighted by atomic mass is 19.4. The van der Waals surface area contributed by atoms with Crippen molar-refractivity contribution in [1.29, 1.82) is 0 Å². The van der Waals surface area contributed by atoms with Gasteiger partial charge in [0, 0.05) is 18.7 Å². The molecular weight excluding hydrogens is 413 g/mol. The van der Waals surface area contributed by atoms with Crippen LogP contribution < -0.4 is 0 Å². The first-order valence-electron chi connectivity index (χ1n) is 11.7. The van der Waals surface area contributed by atoms with Gasteiger partial charge in [-0.15, -0.1) is 0 Å². The third-order valence-electron chi connectivity index (χ3n) is 7.66. The minimum atomic E-state index is -4.49. The molecule has 168 valence electrons. The summed E-state index contributed by atoms with van der Waals surface area (Å²) in [7, 11) is 0. The molecule has 3 fully saturated rings. The number of fused-ring (bicyclic) bond motifs is 1. The number of hydrogen-bond acceptors (Lipinski definition) is 3. The largest absolute Gasteiger partial charge is 0.435 e. The zero-order chi connectivity index (χ0) is 21.9. The third-order valence-corrected chi connectivity index (χ3v) is 7.66. The van der Waals surface area contributed by atoms with E-state index in [0.717, 1.165) is 31.5 Å². The Morgan fingerprint density at radius 1 is 1.06 bits per heavy atom. The Kier molecular flexibility index (Phi) is 4.65. The lowest BCUT2D eigenvalue weighted by Crippen LogP contribution is -2.20. The second-order valence-corrected chi connectivity index (χ2v) is 10.2. The number of rotatable bonds is 5. The van der Waals surface area contributed by atoms with Crippen molar-refractivity contribution < 1.29 is 17.6 Å². The van der Waals surface area contributed by atoms with Crippen LogP contribution in [0.15, 0.2) is 40.8 Å². The van der Waals surface area contributed by atoms with Crippen LogP contribution in [0.3, 0.4) is 0 Å². The van der Waals surface area contributed by atoms with E-state index >= 15 is 0 Å². The monoisotopic (exact) mass is 440 g/mol. The van der Waals surface area contributed by atoms with Crippen molar-refractivity contribution in [3.05, 3.63) is 53.1 Å². The van der Waals surface area contributed by atoms with Crippen LogP contribution in [-0.4, -0.2) is 23.0 Å². The SMILES string of the molecule is FC(F)(F)c1cc(CN2CCC3(CC3)C2)cc2nc(-c3cccc(CC4CCC4)c3)oc12. The zero-order valence-corrected chi connectivity index (χ0v) is 18.0. The van der Waals surface area contributed by atoms with Crippen LogP contribution in [0.1, 0.15) is 55.2 Å². The van der Waals surface area contributed by atoms with Gasteiger partial charge in [-0.25, -0.2) is 4.98 Å². The van der Waals surface area contributed by atoms with E-state index in [2.05, 4.69) is 16.0 Å². The number of halogens is 3. The number of likely N-dealkylation sites (tertiary alicyclic amines) is 1. The van der Waals surface area contributed by atoms with Crippen LogP contribution in [0.4, 0.5) is 13.2 Å². The normalized spacial score (nSPS) is 20.8. The molecular formula is C26H27F3N2O. The lowest BCUT2D eigenvalue weighted by Gasteiger charge is -2.25. The molecule has 3 nitrogen and oxygen atoms in total. The standard InChI is InChI=1S/C26H27F3N2O/c27-26(28,29)21-13-19(15-31-10-9-25(16-31)7-8-25)14-22-23(21)32-24(30-22)20-6-2-5-18(12-20)11-17-3-1-4-17/h2,5-6,12-14,17H,1,3-4,7-11,15-16H2. The second kappa shape index (κ2) is 7.34. The first kappa shape index (κ1) is 20.3. The van der Waals surface area contributed by atoms with Gasteiger partial charge < -0.3 is 4.42 Å². The second-order valence-electron chi connectivity index (χ2n) is 10.2. The van der Waals surface area contributed by atoms with Crippen LogP contribution in [0, 0.1) is 11.3 Å². The van der Waals surface area contributed by atoms with Gasteiger partial charge in [-0.05, 0) is 79.0 Å². The summed E-state index contributed by atoms with van der Waals surface area (Å²) in [6, 6.07) is 10.9. The van der Waals surface area contributed by atoms with Crippen LogP contribution >= 0.6 is 0 Å². The average molecular weight is 441 g/mol. The van der Waals surface area contributed by atoms with Crippen molar-refractivity contribution in [2.75, 3.05) is 13.1 Å². The van der Waals surface area contributed by atoms with Gasteiger partial charge in [-0.1, -0.05) is 31.4 Å². The summed E-state index contributed by atoms with van der Waals surface area (Å²) >= 11 is 0. The molecule has 0 radical (unpaired) electrons. The Bertz CT molecular complexity index is 1160. The third kappa shape index (κ3) is 3.83. The molecule has 3 aliphatic rings. The number of benzene rings is 2. The van der Waals surface area contributed by atoms with E-state index in [1.807, 2.05) is 18.2 Å². The molecule has 6 heteroatoms. The van der Waals surface area contributed by atoms with Crippen molar-refractivity contribution in [2.24, 2.45) is 11.3 Å². The van der Waals surface area contributed by atoms with Gasteiger partial charge in [0.1, 0.15) is 11.1 Å². The smallest absolute Gasteiger partial charge is 0.420 e. The number of hydrogen-bond donors (Lipinski definition) is 0. The fourth-order valence-corrected chi connectivity index (χ4v) is 5.38. The topological polar surface area (TPSA) is 29.3 Å². The molecule has 2 saturated carbocycles. The van der Waals surface area contributed by atoms with Crippen molar-refractivity contribution >= 4 is 11.1 Å². The summed E-state index contributed by atoms with van der Waals surface area (Å²) in [5, 5.41) is 0. The van der Waals surface area contributed by atoms with Gasteiger partial charge >= 0.3 is 6.18 Å². The van der Waals surface area contributed by atoms with Gasteiger partial charge in [-0.2, -0.15) is 13.2 Å². The molecule has 1 aliphatic heterocycles. The molecule has 3 aromatic rings. The maximum atomic E-state index is 13.9. The molecule has 2 aromatic carbocycles. The fraction of sp³-hybridized carbons (Fsp3) is 0.500. The van der Waals surface area contributed by atoms with Gasteiger partial charge in [0.15, 0.2) is 5.58 Å². The highest BCUT2D eigenvalue weighted by Crippen LogP contribution is 2.53. The van der Waals surface area contributed by atoms with E-state index < -0.39 is 11.7 Å². The lowest BCUT2D eigenvalue weighted by molar-refractivity contribution is -0.136. The molecule has 0 bridgehead atoms. The number of oxazole rings is 1. The van der Waals surface area contributed by atoms with E-state index in [0.29, 0.717) is 23.4 Å². The number of nitrogens with zero attached hydrogens (tertiary/aromatic N) is 2. The quantitative estimate of drug-likeness (QED) is 0.435. The van der Waals surface area contributed by atoms with E-state index in [9.17, 15) is 13.2 Å². The van der Waals surface area contributed by atoms with Crippen molar-refractivity contribution in [3.63, 3.8) is 0 Å². The van der Waals surface area contributed by atoms with Crippen LogP contribution in [0.25, 0.3) is 22.6 Å². The van der Waals surface area contributed by atoms with Gasteiger partial charge in [0.25, 0.3) is 0 Å². The molecule has 32 heavy (non-hydrogen) atoms. The average Bonchev–Trinajstić information content (AvgIpc) is 3.15. The number of alkyl halides is 3. The van der Waals surface area contributed by atoms with Gasteiger partial charge in [-0.3, -0.25) is 4.90 Å².